The van der Waals surface area contributed by atoms with Gasteiger partial charge >= 0.3 is 0 Å². The summed E-state index contributed by atoms with van der Waals surface area (Å²) in [4.78, 5) is 31.8. The minimum atomic E-state index is -0.246. The number of thiophene rings is 1. The van der Waals surface area contributed by atoms with Crippen LogP contribution in [0, 0.1) is 5.92 Å². The minimum absolute atomic E-state index is 0.219. The molecule has 0 saturated heterocycles. The Morgan fingerprint density at radius 1 is 1.48 bits per heavy atom. The van der Waals surface area contributed by atoms with Crippen LogP contribution in [-0.2, 0) is 12.8 Å². The smallest absolute Gasteiger partial charge is 0.282 e. The number of aryl methyl sites for hydroxylation is 1. The van der Waals surface area contributed by atoms with E-state index in [2.05, 4.69) is 17.2 Å². The van der Waals surface area contributed by atoms with E-state index in [1.165, 1.54) is 51.6 Å². The quantitative estimate of drug-likeness (QED) is 0.752. The van der Waals surface area contributed by atoms with E-state index in [9.17, 15) is 9.59 Å². The third-order valence-electron chi connectivity index (χ3n) is 4.70. The molecule has 3 aromatic heterocycles. The highest BCUT2D eigenvalue weighted by Crippen LogP contribution is 2.34. The average molecular weight is 374 g/mol. The summed E-state index contributed by atoms with van der Waals surface area (Å²) in [6.07, 6.45) is 8.91. The molecule has 0 aromatic carbocycles. The molecule has 0 aliphatic heterocycles. The Morgan fingerprint density at radius 2 is 2.36 bits per heavy atom. The van der Waals surface area contributed by atoms with Gasteiger partial charge in [0.25, 0.3) is 11.5 Å². The Balaban J connectivity index is 1.55. The SMILES string of the molecule is CCCC1CCc2sc(C(=O)Nc3cnc4sccn4c3=O)cc2C1. The molecular formula is C18H19N3O2S2. The molecular weight excluding hydrogens is 354 g/mol. The van der Waals surface area contributed by atoms with Crippen molar-refractivity contribution >= 4 is 39.2 Å². The van der Waals surface area contributed by atoms with Crippen molar-refractivity contribution in [3.8, 4) is 0 Å². The van der Waals surface area contributed by atoms with Crippen LogP contribution in [0.2, 0.25) is 0 Å². The van der Waals surface area contributed by atoms with Gasteiger partial charge in [-0.15, -0.1) is 22.7 Å². The highest BCUT2D eigenvalue weighted by atomic mass is 32.1. The molecule has 7 heteroatoms. The van der Waals surface area contributed by atoms with Crippen molar-refractivity contribution in [3.63, 3.8) is 0 Å². The predicted molar refractivity (Wildman–Crippen MR) is 102 cm³/mol. The van der Waals surface area contributed by atoms with E-state index in [4.69, 9.17) is 0 Å². The topological polar surface area (TPSA) is 63.5 Å². The Bertz CT molecular complexity index is 986. The van der Waals surface area contributed by atoms with Crippen molar-refractivity contribution < 1.29 is 4.79 Å². The number of anilines is 1. The first-order valence-corrected chi connectivity index (χ1v) is 10.2. The van der Waals surface area contributed by atoms with Gasteiger partial charge < -0.3 is 5.32 Å². The highest BCUT2D eigenvalue weighted by molar-refractivity contribution is 7.15. The molecule has 3 heterocycles. The number of nitrogens with one attached hydrogen (secondary N) is 1. The minimum Gasteiger partial charge on any atom is -0.315 e. The second-order valence-corrected chi connectivity index (χ2v) is 8.45. The van der Waals surface area contributed by atoms with Gasteiger partial charge in [-0.1, -0.05) is 19.8 Å². The van der Waals surface area contributed by atoms with E-state index >= 15 is 0 Å². The molecule has 0 fully saturated rings. The van der Waals surface area contributed by atoms with Gasteiger partial charge in [-0.25, -0.2) is 4.98 Å². The molecule has 1 atom stereocenters. The van der Waals surface area contributed by atoms with E-state index in [1.807, 2.05) is 6.07 Å². The van der Waals surface area contributed by atoms with Crippen molar-refractivity contribution in [2.45, 2.75) is 39.0 Å². The molecule has 5 nitrogen and oxygen atoms in total. The Morgan fingerprint density at radius 3 is 3.20 bits per heavy atom. The summed E-state index contributed by atoms with van der Waals surface area (Å²) in [7, 11) is 0. The maximum Gasteiger partial charge on any atom is 0.282 e. The summed E-state index contributed by atoms with van der Waals surface area (Å²) in [5, 5.41) is 4.54. The van der Waals surface area contributed by atoms with E-state index in [0.717, 1.165) is 18.8 Å². The molecule has 0 saturated carbocycles. The number of hydrogen-bond acceptors (Lipinski definition) is 5. The van der Waals surface area contributed by atoms with Gasteiger partial charge in [0.05, 0.1) is 11.1 Å². The van der Waals surface area contributed by atoms with Crippen LogP contribution in [0.15, 0.2) is 28.6 Å². The summed E-state index contributed by atoms with van der Waals surface area (Å²) in [6, 6.07) is 2.01. The zero-order valence-electron chi connectivity index (χ0n) is 13.9. The second-order valence-electron chi connectivity index (χ2n) is 6.44. The third kappa shape index (κ3) is 3.14. The van der Waals surface area contributed by atoms with Gasteiger partial charge in [-0.05, 0) is 36.8 Å². The zero-order valence-corrected chi connectivity index (χ0v) is 15.6. The van der Waals surface area contributed by atoms with E-state index in [0.29, 0.717) is 9.84 Å². The van der Waals surface area contributed by atoms with Crippen molar-refractivity contribution in [1.82, 2.24) is 9.38 Å². The van der Waals surface area contributed by atoms with Crippen molar-refractivity contribution in [3.05, 3.63) is 49.5 Å². The van der Waals surface area contributed by atoms with Gasteiger partial charge in [0, 0.05) is 16.5 Å². The molecule has 25 heavy (non-hydrogen) atoms. The van der Waals surface area contributed by atoms with Crippen molar-refractivity contribution in [2.75, 3.05) is 5.32 Å². The first-order valence-electron chi connectivity index (χ1n) is 8.53. The van der Waals surface area contributed by atoms with Crippen LogP contribution in [0.25, 0.3) is 4.96 Å². The maximum absolute atomic E-state index is 12.6. The zero-order chi connectivity index (χ0) is 17.4. The lowest BCUT2D eigenvalue weighted by Crippen LogP contribution is -2.21. The largest absolute Gasteiger partial charge is 0.315 e. The monoisotopic (exact) mass is 373 g/mol. The van der Waals surface area contributed by atoms with Crippen molar-refractivity contribution in [1.29, 1.82) is 0 Å². The van der Waals surface area contributed by atoms with Gasteiger partial charge in [0.1, 0.15) is 5.69 Å². The Hall–Kier alpha value is -1.99. The fourth-order valence-corrected chi connectivity index (χ4v) is 5.24. The summed E-state index contributed by atoms with van der Waals surface area (Å²) < 4.78 is 1.45. The van der Waals surface area contributed by atoms with Crippen LogP contribution in [0.1, 0.15) is 46.3 Å². The van der Waals surface area contributed by atoms with Gasteiger partial charge in [0.2, 0.25) is 0 Å². The lowest BCUT2D eigenvalue weighted by molar-refractivity contribution is 0.103. The lowest BCUT2D eigenvalue weighted by Gasteiger charge is -2.21. The predicted octanol–water partition coefficient (Wildman–Crippen LogP) is 3.97. The van der Waals surface area contributed by atoms with Crippen LogP contribution >= 0.6 is 22.7 Å². The van der Waals surface area contributed by atoms with Crippen LogP contribution in [0.5, 0.6) is 0 Å². The van der Waals surface area contributed by atoms with E-state index in [1.54, 1.807) is 22.9 Å². The number of amides is 1. The summed E-state index contributed by atoms with van der Waals surface area (Å²) in [5.41, 5.74) is 1.28. The molecule has 1 unspecified atom stereocenters. The number of nitrogens with zero attached hydrogens (tertiary/aromatic N) is 2. The second kappa shape index (κ2) is 6.72. The first-order chi connectivity index (χ1) is 12.2. The molecule has 0 radical (unpaired) electrons. The number of thiazole rings is 1. The molecule has 1 N–H and O–H groups in total. The van der Waals surface area contributed by atoms with Crippen molar-refractivity contribution in [2.24, 2.45) is 5.92 Å². The van der Waals surface area contributed by atoms with E-state index < -0.39 is 0 Å². The average Bonchev–Trinajstić information content (AvgIpc) is 3.24. The fourth-order valence-electron chi connectivity index (χ4n) is 3.46. The summed E-state index contributed by atoms with van der Waals surface area (Å²) >= 11 is 2.94. The molecule has 4 rings (SSSR count). The van der Waals surface area contributed by atoms with Gasteiger partial charge in [-0.2, -0.15) is 0 Å². The molecule has 0 spiro atoms. The number of rotatable bonds is 4. The number of carbonyl (C=O) groups is 1. The molecule has 1 aliphatic carbocycles. The normalized spacial score (nSPS) is 16.8. The van der Waals surface area contributed by atoms with Crippen LogP contribution in [-0.4, -0.2) is 15.3 Å². The van der Waals surface area contributed by atoms with Crippen LogP contribution < -0.4 is 10.9 Å². The Labute approximate surface area is 153 Å². The molecule has 3 aromatic rings. The Kier molecular flexibility index (Phi) is 4.43. The molecule has 0 bridgehead atoms. The number of hydrogen-bond donors (Lipinski definition) is 1. The summed E-state index contributed by atoms with van der Waals surface area (Å²) in [5.74, 6) is 0.512. The fraction of sp³-hybridized carbons (Fsp3) is 0.389. The number of carbonyl (C=O) groups excluding carboxylic acids is 1. The highest BCUT2D eigenvalue weighted by Gasteiger charge is 2.23. The standard InChI is InChI=1S/C18H19N3O2S2/c1-2-3-11-4-5-14-12(8-11)9-15(25-14)16(22)20-13-10-19-18-21(17(13)23)6-7-24-18/h6-7,9-11H,2-5,8H2,1H3,(H,20,22). The lowest BCUT2D eigenvalue weighted by atomic mass is 9.85. The number of aromatic nitrogens is 2. The summed E-state index contributed by atoms with van der Waals surface area (Å²) in [6.45, 7) is 2.22. The molecule has 1 amide bonds. The number of fused-ring (bicyclic) bond motifs is 2. The van der Waals surface area contributed by atoms with E-state index in [-0.39, 0.29) is 17.2 Å². The van der Waals surface area contributed by atoms with Gasteiger partial charge in [0.15, 0.2) is 4.96 Å². The van der Waals surface area contributed by atoms with Crippen LogP contribution in [0.3, 0.4) is 0 Å². The third-order valence-corrected chi connectivity index (χ3v) is 6.70. The van der Waals surface area contributed by atoms with Crippen LogP contribution in [0.4, 0.5) is 5.69 Å². The maximum atomic E-state index is 12.6. The van der Waals surface area contributed by atoms with Gasteiger partial charge in [-0.3, -0.25) is 14.0 Å². The first kappa shape index (κ1) is 16.5. The molecule has 1 aliphatic rings. The molecule has 130 valence electrons.